The van der Waals surface area contributed by atoms with E-state index in [-0.39, 0.29) is 0 Å². The minimum atomic E-state index is 1.18. The van der Waals surface area contributed by atoms with E-state index in [1.54, 1.807) is 0 Å². The summed E-state index contributed by atoms with van der Waals surface area (Å²) in [4.78, 5) is 0. The van der Waals surface area contributed by atoms with Gasteiger partial charge in [-0.3, -0.25) is 0 Å². The molecule has 0 atom stereocenters. The molecular weight excluding hydrogens is 132 g/mol. The van der Waals surface area contributed by atoms with Crippen molar-refractivity contribution in [3.8, 4) is 0 Å². The number of hydrogen-bond acceptors (Lipinski definition) is 0. The van der Waals surface area contributed by atoms with Gasteiger partial charge in [0.1, 0.15) is 0 Å². The highest BCUT2D eigenvalue weighted by Gasteiger charge is 1.87. The summed E-state index contributed by atoms with van der Waals surface area (Å²) in [7, 11) is 0. The smallest absolute Gasteiger partial charge is 0.0281 e. The van der Waals surface area contributed by atoms with E-state index in [1.807, 2.05) is 6.08 Å². The van der Waals surface area contributed by atoms with Gasteiger partial charge in [0, 0.05) is 0 Å². The van der Waals surface area contributed by atoms with Gasteiger partial charge >= 0.3 is 0 Å². The molecule has 0 unspecified atom stereocenters. The van der Waals surface area contributed by atoms with Gasteiger partial charge in [-0.1, -0.05) is 55.9 Å². The maximum atomic E-state index is 2.20. The molecule has 0 aliphatic heterocycles. The average Bonchev–Trinajstić information content (AvgIpc) is 1.94. The lowest BCUT2D eigenvalue weighted by Crippen LogP contribution is -1.77. The summed E-state index contributed by atoms with van der Waals surface area (Å²) < 4.78 is 0. The van der Waals surface area contributed by atoms with Gasteiger partial charge in [-0.15, -0.1) is 0 Å². The molecule has 0 spiro atoms. The van der Waals surface area contributed by atoms with Crippen LogP contribution in [0.3, 0.4) is 0 Å². The van der Waals surface area contributed by atoms with Gasteiger partial charge in [-0.2, -0.15) is 0 Å². The highest BCUT2D eigenvalue weighted by atomic mass is 13.9. The minimum Gasteiger partial charge on any atom is -0.0651 e. The molecule has 0 bridgehead atoms. The molecule has 0 aromatic heterocycles. The monoisotopic (exact) mass is 146 g/mol. The lowest BCUT2D eigenvalue weighted by Gasteiger charge is -1.97. The fraction of sp³-hybridized carbons (Fsp3) is 0.273. The molecule has 0 heteroatoms. The summed E-state index contributed by atoms with van der Waals surface area (Å²) in [6, 6.07) is 0. The fourth-order valence-corrected chi connectivity index (χ4v) is 1.06. The van der Waals surface area contributed by atoms with Crippen molar-refractivity contribution in [2.75, 3.05) is 0 Å². The molecule has 0 heterocycles. The molecular formula is C11H14. The number of rotatable bonds is 2. The van der Waals surface area contributed by atoms with E-state index in [0.717, 1.165) is 0 Å². The van der Waals surface area contributed by atoms with Crippen molar-refractivity contribution >= 4 is 0 Å². The van der Waals surface area contributed by atoms with E-state index < -0.39 is 0 Å². The third-order valence-corrected chi connectivity index (χ3v) is 1.60. The van der Waals surface area contributed by atoms with Crippen LogP contribution in [0, 0.1) is 0 Å². The van der Waals surface area contributed by atoms with E-state index in [9.17, 15) is 0 Å². The van der Waals surface area contributed by atoms with Crippen molar-refractivity contribution in [2.24, 2.45) is 0 Å². The van der Waals surface area contributed by atoms with Crippen LogP contribution in [0.4, 0.5) is 0 Å². The van der Waals surface area contributed by atoms with Crippen molar-refractivity contribution in [3.05, 3.63) is 48.1 Å². The Morgan fingerprint density at radius 3 is 2.55 bits per heavy atom. The molecule has 0 radical (unpaired) electrons. The zero-order valence-electron chi connectivity index (χ0n) is 6.96. The van der Waals surface area contributed by atoms with E-state index in [0.29, 0.717) is 0 Å². The highest BCUT2D eigenvalue weighted by Crippen LogP contribution is 2.08. The Bertz CT molecular complexity index is 214. The van der Waals surface area contributed by atoms with Gasteiger partial charge in [0.15, 0.2) is 0 Å². The van der Waals surface area contributed by atoms with E-state index in [4.69, 9.17) is 0 Å². The summed E-state index contributed by atoms with van der Waals surface area (Å²) in [5, 5.41) is 0. The molecule has 0 nitrogen and oxygen atoms in total. The second kappa shape index (κ2) is 4.73. The lowest BCUT2D eigenvalue weighted by atomic mass is 10.1. The molecule has 0 aromatic carbocycles. The van der Waals surface area contributed by atoms with E-state index in [1.165, 1.54) is 18.4 Å². The minimum absolute atomic E-state index is 1.18. The Labute approximate surface area is 68.6 Å². The normalized spacial score (nSPS) is 29.4. The molecule has 0 amide bonds. The molecule has 0 saturated heterocycles. The van der Waals surface area contributed by atoms with Crippen LogP contribution in [0.15, 0.2) is 48.1 Å². The van der Waals surface area contributed by atoms with Gasteiger partial charge in [-0.05, 0) is 12.0 Å². The zero-order chi connectivity index (χ0) is 7.94. The van der Waals surface area contributed by atoms with Gasteiger partial charge in [-0.25, -0.2) is 0 Å². The van der Waals surface area contributed by atoms with Crippen LogP contribution in [0.2, 0.25) is 0 Å². The Balaban J connectivity index is 2.62. The Hall–Kier alpha value is -1.04. The van der Waals surface area contributed by atoms with Crippen LogP contribution < -0.4 is 0 Å². The summed E-state index contributed by atoms with van der Waals surface area (Å²) >= 11 is 0. The predicted molar refractivity (Wildman–Crippen MR) is 50.4 cm³/mol. The zero-order valence-corrected chi connectivity index (χ0v) is 6.96. The van der Waals surface area contributed by atoms with Crippen molar-refractivity contribution in [2.45, 2.75) is 19.8 Å². The van der Waals surface area contributed by atoms with Crippen molar-refractivity contribution in [3.63, 3.8) is 0 Å². The Morgan fingerprint density at radius 2 is 1.73 bits per heavy atom. The first-order chi connectivity index (χ1) is 5.43. The van der Waals surface area contributed by atoms with Crippen molar-refractivity contribution < 1.29 is 0 Å². The third-order valence-electron chi connectivity index (χ3n) is 1.60. The largest absolute Gasteiger partial charge is 0.0651 e. The maximum Gasteiger partial charge on any atom is -0.0281 e. The summed E-state index contributed by atoms with van der Waals surface area (Å²) in [6.45, 7) is 2.20. The first kappa shape index (κ1) is 8.06. The topological polar surface area (TPSA) is 0 Å². The standard InChI is InChI=1S/C11H14/c1-2-8-11-9-6-4-3-5-7-10-11/h3-7,9-10H,2,8H2,1H3/b4-3-,5-3?,6-4?,7-5-,9-6-,10-7?,11-9?,11-10-. The summed E-state index contributed by atoms with van der Waals surface area (Å²) in [5.41, 5.74) is 1.41. The molecule has 1 aliphatic rings. The average molecular weight is 146 g/mol. The number of allylic oxidation sites excluding steroid dienone is 8. The van der Waals surface area contributed by atoms with Gasteiger partial charge in [0.05, 0.1) is 0 Å². The Morgan fingerprint density at radius 1 is 1.00 bits per heavy atom. The SMILES string of the molecule is CCCC1=C/C=C\C=C/C=C\1. The van der Waals surface area contributed by atoms with Crippen LogP contribution in [-0.4, -0.2) is 0 Å². The first-order valence-corrected chi connectivity index (χ1v) is 4.14. The van der Waals surface area contributed by atoms with Gasteiger partial charge in [0.25, 0.3) is 0 Å². The van der Waals surface area contributed by atoms with Crippen LogP contribution in [-0.2, 0) is 0 Å². The van der Waals surface area contributed by atoms with E-state index in [2.05, 4.69) is 43.4 Å². The molecule has 0 aromatic rings. The molecule has 0 N–H and O–H groups in total. The second-order valence-corrected chi connectivity index (χ2v) is 2.62. The maximum absolute atomic E-state index is 2.20. The molecule has 58 valence electrons. The predicted octanol–water partition coefficient (Wildman–Crippen LogP) is 3.40. The lowest BCUT2D eigenvalue weighted by molar-refractivity contribution is 0.926. The van der Waals surface area contributed by atoms with E-state index >= 15 is 0 Å². The van der Waals surface area contributed by atoms with Crippen LogP contribution >= 0.6 is 0 Å². The van der Waals surface area contributed by atoms with Crippen molar-refractivity contribution in [1.29, 1.82) is 0 Å². The Kier molecular flexibility index (Phi) is 3.46. The van der Waals surface area contributed by atoms with Gasteiger partial charge < -0.3 is 0 Å². The third kappa shape index (κ3) is 3.03. The highest BCUT2D eigenvalue weighted by molar-refractivity contribution is 5.30. The summed E-state index contributed by atoms with van der Waals surface area (Å²) in [5.74, 6) is 0. The molecule has 1 aliphatic carbocycles. The molecule has 11 heavy (non-hydrogen) atoms. The fourth-order valence-electron chi connectivity index (χ4n) is 1.06. The van der Waals surface area contributed by atoms with Crippen LogP contribution in [0.1, 0.15) is 19.8 Å². The molecule has 1 rings (SSSR count). The van der Waals surface area contributed by atoms with Gasteiger partial charge in [0.2, 0.25) is 0 Å². The first-order valence-electron chi connectivity index (χ1n) is 4.14. The van der Waals surface area contributed by atoms with Crippen LogP contribution in [0.5, 0.6) is 0 Å². The quantitative estimate of drug-likeness (QED) is 0.560. The summed E-state index contributed by atoms with van der Waals surface area (Å²) in [6.07, 6.45) is 17.1. The molecule has 0 fully saturated rings. The second-order valence-electron chi connectivity index (χ2n) is 2.62. The molecule has 0 saturated carbocycles. The van der Waals surface area contributed by atoms with Crippen molar-refractivity contribution in [1.82, 2.24) is 0 Å². The number of hydrogen-bond donors (Lipinski definition) is 0. The van der Waals surface area contributed by atoms with Crippen LogP contribution in [0.25, 0.3) is 0 Å².